The monoisotopic (exact) mass is 282 g/mol. The van der Waals surface area contributed by atoms with E-state index in [4.69, 9.17) is 9.47 Å². The van der Waals surface area contributed by atoms with Crippen molar-refractivity contribution in [1.82, 2.24) is 15.3 Å². The molecule has 7 heteroatoms. The first-order chi connectivity index (χ1) is 9.58. The maximum Gasteiger partial charge on any atom is 0.229 e. The number of anilines is 1. The van der Waals surface area contributed by atoms with Gasteiger partial charge < -0.3 is 20.1 Å². The fourth-order valence-corrected chi connectivity index (χ4v) is 1.43. The summed E-state index contributed by atoms with van der Waals surface area (Å²) in [6.07, 6.45) is 1.27. The molecule has 0 aliphatic heterocycles. The Hall–Kier alpha value is -2.05. The van der Waals surface area contributed by atoms with Crippen LogP contribution in [0, 0.1) is 0 Å². The summed E-state index contributed by atoms with van der Waals surface area (Å²) < 4.78 is 10.1. The van der Waals surface area contributed by atoms with E-state index in [1.54, 1.807) is 6.07 Å². The number of hydrogen-bond acceptors (Lipinski definition) is 6. The summed E-state index contributed by atoms with van der Waals surface area (Å²) in [6, 6.07) is 1.77. The summed E-state index contributed by atoms with van der Waals surface area (Å²) in [5.74, 6) is 1.19. The van der Waals surface area contributed by atoms with Gasteiger partial charge in [-0.2, -0.15) is 9.97 Å². The van der Waals surface area contributed by atoms with Crippen molar-refractivity contribution >= 4 is 11.9 Å². The molecule has 1 unspecified atom stereocenters. The Morgan fingerprint density at radius 3 is 2.40 bits per heavy atom. The van der Waals surface area contributed by atoms with Crippen LogP contribution in [0.25, 0.3) is 0 Å². The summed E-state index contributed by atoms with van der Waals surface area (Å²) >= 11 is 0. The van der Waals surface area contributed by atoms with Crippen LogP contribution in [-0.4, -0.2) is 42.7 Å². The maximum atomic E-state index is 11.6. The Labute approximate surface area is 119 Å². The van der Waals surface area contributed by atoms with Crippen molar-refractivity contribution in [2.24, 2.45) is 0 Å². The molecular weight excluding hydrogens is 260 g/mol. The van der Waals surface area contributed by atoms with Crippen LogP contribution >= 0.6 is 0 Å². The molecule has 0 fully saturated rings. The van der Waals surface area contributed by atoms with E-state index in [0.29, 0.717) is 30.7 Å². The molecule has 0 spiro atoms. The topological polar surface area (TPSA) is 85.4 Å². The van der Waals surface area contributed by atoms with E-state index < -0.39 is 0 Å². The number of nitrogens with one attached hydrogen (secondary N) is 2. The molecular formula is C13H22N4O3. The highest BCUT2D eigenvalue weighted by molar-refractivity contribution is 5.76. The lowest BCUT2D eigenvalue weighted by atomic mass is 10.2. The van der Waals surface area contributed by atoms with Gasteiger partial charge in [0.15, 0.2) is 0 Å². The molecule has 1 aromatic rings. The van der Waals surface area contributed by atoms with Crippen LogP contribution < -0.4 is 20.1 Å². The Kier molecular flexibility index (Phi) is 6.55. The molecule has 7 nitrogen and oxygen atoms in total. The fraction of sp³-hybridized carbons (Fsp3) is 0.615. The molecule has 1 atom stereocenters. The number of rotatable bonds is 8. The quantitative estimate of drug-likeness (QED) is 0.745. The predicted molar refractivity (Wildman–Crippen MR) is 76.1 cm³/mol. The summed E-state index contributed by atoms with van der Waals surface area (Å²) in [5, 5.41) is 5.86. The van der Waals surface area contributed by atoms with E-state index in [9.17, 15) is 4.79 Å². The van der Waals surface area contributed by atoms with Gasteiger partial charge in [0.2, 0.25) is 23.6 Å². The van der Waals surface area contributed by atoms with E-state index in [0.717, 1.165) is 6.42 Å². The zero-order valence-electron chi connectivity index (χ0n) is 12.4. The molecule has 0 bridgehead atoms. The van der Waals surface area contributed by atoms with Crippen LogP contribution in [0.15, 0.2) is 6.07 Å². The molecule has 112 valence electrons. The number of amides is 1. The van der Waals surface area contributed by atoms with E-state index in [2.05, 4.69) is 20.6 Å². The first-order valence-electron chi connectivity index (χ1n) is 6.59. The molecule has 0 saturated heterocycles. The number of hydrogen-bond donors (Lipinski definition) is 2. The fourth-order valence-electron chi connectivity index (χ4n) is 1.43. The van der Waals surface area contributed by atoms with Crippen LogP contribution in [0.1, 0.15) is 26.7 Å². The van der Waals surface area contributed by atoms with E-state index >= 15 is 0 Å². The second kappa shape index (κ2) is 8.19. The third kappa shape index (κ3) is 5.29. The van der Waals surface area contributed by atoms with Crippen molar-refractivity contribution < 1.29 is 14.3 Å². The van der Waals surface area contributed by atoms with Gasteiger partial charge in [0.25, 0.3) is 0 Å². The van der Waals surface area contributed by atoms with Crippen molar-refractivity contribution in [3.63, 3.8) is 0 Å². The third-order valence-corrected chi connectivity index (χ3v) is 2.75. The average Bonchev–Trinajstić information content (AvgIpc) is 2.46. The minimum absolute atomic E-state index is 0.00158. The lowest BCUT2D eigenvalue weighted by Gasteiger charge is -2.12. The number of methoxy groups -OCH3 is 2. The largest absolute Gasteiger partial charge is 0.481 e. The van der Waals surface area contributed by atoms with Gasteiger partial charge in [-0.3, -0.25) is 4.79 Å². The standard InChI is InChI=1S/C13H22N4O3/c1-5-9(2)15-10(18)6-7-14-13-16-11(19-3)8-12(17-13)20-4/h8-9H,5-7H2,1-4H3,(H,15,18)(H,14,16,17). The van der Waals surface area contributed by atoms with Gasteiger partial charge in [-0.15, -0.1) is 0 Å². The van der Waals surface area contributed by atoms with Crippen molar-refractivity contribution in [3.8, 4) is 11.8 Å². The van der Waals surface area contributed by atoms with Gasteiger partial charge in [0.05, 0.1) is 20.3 Å². The van der Waals surface area contributed by atoms with E-state index in [-0.39, 0.29) is 11.9 Å². The minimum atomic E-state index is 0.00158. The SMILES string of the molecule is CCC(C)NC(=O)CCNc1nc(OC)cc(OC)n1. The second-order valence-electron chi connectivity index (χ2n) is 4.33. The molecule has 1 aromatic heterocycles. The highest BCUT2D eigenvalue weighted by atomic mass is 16.5. The number of nitrogens with zero attached hydrogens (tertiary/aromatic N) is 2. The molecule has 1 rings (SSSR count). The summed E-state index contributed by atoms with van der Waals surface area (Å²) in [7, 11) is 3.04. The van der Waals surface area contributed by atoms with E-state index in [1.807, 2.05) is 13.8 Å². The Morgan fingerprint density at radius 2 is 1.90 bits per heavy atom. The van der Waals surface area contributed by atoms with Crippen molar-refractivity contribution in [2.75, 3.05) is 26.1 Å². The van der Waals surface area contributed by atoms with Crippen LogP contribution in [0.3, 0.4) is 0 Å². The van der Waals surface area contributed by atoms with Gasteiger partial charge >= 0.3 is 0 Å². The highest BCUT2D eigenvalue weighted by Gasteiger charge is 2.07. The van der Waals surface area contributed by atoms with Gasteiger partial charge in [0.1, 0.15) is 0 Å². The number of carbonyl (C=O) groups is 1. The number of aromatic nitrogens is 2. The van der Waals surface area contributed by atoms with Crippen LogP contribution in [0.4, 0.5) is 5.95 Å². The van der Waals surface area contributed by atoms with Crippen molar-refractivity contribution in [2.45, 2.75) is 32.7 Å². The van der Waals surface area contributed by atoms with Gasteiger partial charge in [-0.1, -0.05) is 6.92 Å². The average molecular weight is 282 g/mol. The molecule has 0 radical (unpaired) electrons. The van der Waals surface area contributed by atoms with Crippen LogP contribution in [0.2, 0.25) is 0 Å². The number of ether oxygens (including phenoxy) is 2. The summed E-state index contributed by atoms with van der Waals surface area (Å²) in [5.41, 5.74) is 0. The van der Waals surface area contributed by atoms with Crippen molar-refractivity contribution in [3.05, 3.63) is 6.07 Å². The van der Waals surface area contributed by atoms with Gasteiger partial charge in [0, 0.05) is 19.0 Å². The molecule has 0 aromatic carbocycles. The molecule has 2 N–H and O–H groups in total. The molecule has 0 saturated carbocycles. The lowest BCUT2D eigenvalue weighted by molar-refractivity contribution is -0.121. The zero-order valence-corrected chi connectivity index (χ0v) is 12.4. The van der Waals surface area contributed by atoms with Crippen molar-refractivity contribution in [1.29, 1.82) is 0 Å². The zero-order chi connectivity index (χ0) is 15.0. The molecule has 20 heavy (non-hydrogen) atoms. The minimum Gasteiger partial charge on any atom is -0.481 e. The molecule has 1 heterocycles. The third-order valence-electron chi connectivity index (χ3n) is 2.75. The van der Waals surface area contributed by atoms with Gasteiger partial charge in [-0.05, 0) is 13.3 Å². The smallest absolute Gasteiger partial charge is 0.229 e. The maximum absolute atomic E-state index is 11.6. The lowest BCUT2D eigenvalue weighted by Crippen LogP contribution is -2.33. The first kappa shape index (κ1) is 16.0. The molecule has 1 amide bonds. The Bertz CT molecular complexity index is 417. The molecule has 0 aliphatic rings. The van der Waals surface area contributed by atoms with Crippen LogP contribution in [0.5, 0.6) is 11.8 Å². The Balaban J connectivity index is 2.47. The second-order valence-corrected chi connectivity index (χ2v) is 4.33. The van der Waals surface area contributed by atoms with Crippen LogP contribution in [-0.2, 0) is 4.79 Å². The van der Waals surface area contributed by atoms with E-state index in [1.165, 1.54) is 14.2 Å². The summed E-state index contributed by atoms with van der Waals surface area (Å²) in [4.78, 5) is 19.8. The highest BCUT2D eigenvalue weighted by Crippen LogP contribution is 2.17. The normalized spacial score (nSPS) is 11.6. The predicted octanol–water partition coefficient (Wildman–Crippen LogP) is 1.21. The van der Waals surface area contributed by atoms with Gasteiger partial charge in [-0.25, -0.2) is 0 Å². The number of carbonyl (C=O) groups excluding carboxylic acids is 1. The summed E-state index contributed by atoms with van der Waals surface area (Å²) in [6.45, 7) is 4.44. The molecule has 0 aliphatic carbocycles. The first-order valence-corrected chi connectivity index (χ1v) is 6.59. The Morgan fingerprint density at radius 1 is 1.30 bits per heavy atom.